The zero-order valence-corrected chi connectivity index (χ0v) is 14.2. The molecule has 0 bridgehead atoms. The number of anilines is 1. The maximum Gasteiger partial charge on any atom is 0.407 e. The number of carbonyl (C=O) groups is 2. The number of nitrogens with zero attached hydrogens (tertiary/aromatic N) is 1. The molecule has 4 N–H and O–H groups in total. The van der Waals surface area contributed by atoms with Crippen LogP contribution in [0, 0.1) is 0 Å². The molecule has 1 aromatic rings. The van der Waals surface area contributed by atoms with Gasteiger partial charge in [-0.15, -0.1) is 0 Å². The van der Waals surface area contributed by atoms with E-state index in [1.54, 1.807) is 0 Å². The standard InChI is InChI=1S/C15H20ClN3O5/c1-23-12-6-10(17)9(16)5-8(12)14(20)18-11-3-4-19(15(21)22)7-13(11)24-2/h5-6,11,13H,3-4,7,17H2,1-2H3,(H,18,20)(H,21,22)/t11-,13+/m1/s1. The third-order valence-corrected chi connectivity index (χ3v) is 4.34. The van der Waals surface area contributed by atoms with Gasteiger partial charge in [0, 0.05) is 19.7 Å². The van der Waals surface area contributed by atoms with Crippen molar-refractivity contribution in [2.45, 2.75) is 18.6 Å². The van der Waals surface area contributed by atoms with Gasteiger partial charge in [0.15, 0.2) is 0 Å². The Morgan fingerprint density at radius 2 is 2.12 bits per heavy atom. The summed E-state index contributed by atoms with van der Waals surface area (Å²) in [7, 11) is 2.92. The molecule has 132 valence electrons. The Labute approximate surface area is 144 Å². The summed E-state index contributed by atoms with van der Waals surface area (Å²) in [5.74, 6) is -0.0732. The molecule has 0 unspecified atom stereocenters. The molecule has 0 spiro atoms. The number of amides is 2. The molecule has 1 aromatic carbocycles. The van der Waals surface area contributed by atoms with Gasteiger partial charge in [-0.1, -0.05) is 11.6 Å². The van der Waals surface area contributed by atoms with Crippen molar-refractivity contribution in [3.63, 3.8) is 0 Å². The average molecular weight is 358 g/mol. The number of nitrogen functional groups attached to an aromatic ring is 1. The Morgan fingerprint density at radius 1 is 1.42 bits per heavy atom. The van der Waals surface area contributed by atoms with E-state index >= 15 is 0 Å². The quantitative estimate of drug-likeness (QED) is 0.702. The van der Waals surface area contributed by atoms with Crippen molar-refractivity contribution in [1.29, 1.82) is 0 Å². The molecule has 0 aliphatic carbocycles. The highest BCUT2D eigenvalue weighted by Gasteiger charge is 2.33. The van der Waals surface area contributed by atoms with Gasteiger partial charge in [0.05, 0.1) is 42.1 Å². The minimum absolute atomic E-state index is 0.191. The third-order valence-electron chi connectivity index (χ3n) is 4.01. The van der Waals surface area contributed by atoms with Crippen LogP contribution in [0.15, 0.2) is 12.1 Å². The lowest BCUT2D eigenvalue weighted by molar-refractivity contribution is 0.0101. The van der Waals surface area contributed by atoms with Crippen LogP contribution >= 0.6 is 11.6 Å². The van der Waals surface area contributed by atoms with Crippen molar-refractivity contribution in [3.8, 4) is 5.75 Å². The van der Waals surface area contributed by atoms with Gasteiger partial charge in [0.2, 0.25) is 0 Å². The second kappa shape index (κ2) is 7.59. The fourth-order valence-corrected chi connectivity index (χ4v) is 2.82. The van der Waals surface area contributed by atoms with E-state index < -0.39 is 12.2 Å². The van der Waals surface area contributed by atoms with Crippen LogP contribution in [0.4, 0.5) is 10.5 Å². The normalized spacial score (nSPS) is 20.5. The Kier molecular flexibility index (Phi) is 5.74. The van der Waals surface area contributed by atoms with Gasteiger partial charge in [-0.25, -0.2) is 4.79 Å². The van der Waals surface area contributed by atoms with Crippen molar-refractivity contribution in [3.05, 3.63) is 22.7 Å². The van der Waals surface area contributed by atoms with E-state index in [2.05, 4.69) is 5.32 Å². The fourth-order valence-electron chi connectivity index (χ4n) is 2.66. The number of nitrogens with two attached hydrogens (primary N) is 1. The predicted octanol–water partition coefficient (Wildman–Crippen LogP) is 1.43. The number of halogens is 1. The van der Waals surface area contributed by atoms with Crippen LogP contribution < -0.4 is 15.8 Å². The number of methoxy groups -OCH3 is 2. The molecule has 1 fully saturated rings. The molecule has 9 heteroatoms. The highest BCUT2D eigenvalue weighted by atomic mass is 35.5. The molecule has 0 radical (unpaired) electrons. The van der Waals surface area contributed by atoms with E-state index in [1.807, 2.05) is 0 Å². The van der Waals surface area contributed by atoms with Crippen molar-refractivity contribution >= 4 is 29.3 Å². The van der Waals surface area contributed by atoms with Crippen LogP contribution in [-0.2, 0) is 4.74 Å². The minimum atomic E-state index is -1.01. The molecule has 2 rings (SSSR count). The van der Waals surface area contributed by atoms with Gasteiger partial charge in [0.25, 0.3) is 5.91 Å². The third kappa shape index (κ3) is 3.82. The number of carboxylic acid groups (broad SMARTS) is 1. The van der Waals surface area contributed by atoms with Crippen LogP contribution in [0.3, 0.4) is 0 Å². The second-order valence-corrected chi connectivity index (χ2v) is 5.85. The molecule has 2 atom stereocenters. The molecule has 1 aliphatic heterocycles. The number of ether oxygens (including phenoxy) is 2. The Balaban J connectivity index is 2.14. The highest BCUT2D eigenvalue weighted by Crippen LogP contribution is 2.29. The number of likely N-dealkylation sites (tertiary alicyclic amines) is 1. The number of nitrogens with one attached hydrogen (secondary N) is 1. The summed E-state index contributed by atoms with van der Waals surface area (Å²) in [6, 6.07) is 2.61. The monoisotopic (exact) mass is 357 g/mol. The summed E-state index contributed by atoms with van der Waals surface area (Å²) in [4.78, 5) is 24.9. The minimum Gasteiger partial charge on any atom is -0.496 e. The largest absolute Gasteiger partial charge is 0.496 e. The van der Waals surface area contributed by atoms with E-state index in [-0.39, 0.29) is 29.1 Å². The Morgan fingerprint density at radius 3 is 2.71 bits per heavy atom. The number of hydrogen-bond donors (Lipinski definition) is 3. The lowest BCUT2D eigenvalue weighted by atomic mass is 10.0. The summed E-state index contributed by atoms with van der Waals surface area (Å²) in [6.07, 6.45) is -0.996. The number of hydrogen-bond acceptors (Lipinski definition) is 5. The van der Waals surface area contributed by atoms with Gasteiger partial charge in [-0.05, 0) is 12.5 Å². The molecule has 24 heavy (non-hydrogen) atoms. The van der Waals surface area contributed by atoms with E-state index in [4.69, 9.17) is 31.9 Å². The molecule has 1 aliphatic rings. The summed E-state index contributed by atoms with van der Waals surface area (Å²) in [5, 5.41) is 12.2. The molecular formula is C15H20ClN3O5. The summed E-state index contributed by atoms with van der Waals surface area (Å²) < 4.78 is 10.5. The molecule has 0 aromatic heterocycles. The van der Waals surface area contributed by atoms with Crippen LogP contribution in [0.1, 0.15) is 16.8 Å². The maximum absolute atomic E-state index is 12.6. The summed E-state index contributed by atoms with van der Waals surface area (Å²) in [6.45, 7) is 0.510. The smallest absolute Gasteiger partial charge is 0.407 e. The second-order valence-electron chi connectivity index (χ2n) is 5.45. The van der Waals surface area contributed by atoms with E-state index in [0.29, 0.717) is 24.4 Å². The topological polar surface area (TPSA) is 114 Å². The van der Waals surface area contributed by atoms with Crippen LogP contribution in [0.2, 0.25) is 5.02 Å². The van der Waals surface area contributed by atoms with Crippen molar-refractivity contribution < 1.29 is 24.2 Å². The first-order chi connectivity index (χ1) is 11.4. The molecule has 1 saturated heterocycles. The predicted molar refractivity (Wildman–Crippen MR) is 88.7 cm³/mol. The first-order valence-electron chi connectivity index (χ1n) is 7.32. The van der Waals surface area contributed by atoms with Crippen molar-refractivity contribution in [2.75, 3.05) is 33.0 Å². The Hall–Kier alpha value is -2.19. The maximum atomic E-state index is 12.6. The van der Waals surface area contributed by atoms with Crippen molar-refractivity contribution in [2.24, 2.45) is 0 Å². The van der Waals surface area contributed by atoms with E-state index in [1.165, 1.54) is 31.3 Å². The van der Waals surface area contributed by atoms with E-state index in [9.17, 15) is 9.59 Å². The van der Waals surface area contributed by atoms with Crippen LogP contribution in [0.25, 0.3) is 0 Å². The fraction of sp³-hybridized carbons (Fsp3) is 0.467. The van der Waals surface area contributed by atoms with Crippen LogP contribution in [0.5, 0.6) is 5.75 Å². The van der Waals surface area contributed by atoms with Gasteiger partial charge in [-0.3, -0.25) is 4.79 Å². The average Bonchev–Trinajstić information content (AvgIpc) is 2.56. The van der Waals surface area contributed by atoms with Gasteiger partial charge in [-0.2, -0.15) is 0 Å². The number of benzene rings is 1. The van der Waals surface area contributed by atoms with Gasteiger partial charge < -0.3 is 30.5 Å². The lowest BCUT2D eigenvalue weighted by Crippen LogP contribution is -2.55. The lowest BCUT2D eigenvalue weighted by Gasteiger charge is -2.36. The summed E-state index contributed by atoms with van der Waals surface area (Å²) in [5.41, 5.74) is 6.28. The molecular weight excluding hydrogens is 338 g/mol. The van der Waals surface area contributed by atoms with Gasteiger partial charge >= 0.3 is 6.09 Å². The van der Waals surface area contributed by atoms with Gasteiger partial charge in [0.1, 0.15) is 5.75 Å². The number of carbonyl (C=O) groups excluding carboxylic acids is 1. The molecule has 0 saturated carbocycles. The molecule has 8 nitrogen and oxygen atoms in total. The SMILES string of the molecule is COc1cc(N)c(Cl)cc1C(=O)N[C@@H]1CCN(C(=O)O)C[C@@H]1OC. The van der Waals surface area contributed by atoms with Crippen molar-refractivity contribution in [1.82, 2.24) is 10.2 Å². The zero-order valence-electron chi connectivity index (χ0n) is 13.4. The zero-order chi connectivity index (χ0) is 17.9. The van der Waals surface area contributed by atoms with E-state index in [0.717, 1.165) is 0 Å². The number of rotatable bonds is 4. The first-order valence-corrected chi connectivity index (χ1v) is 7.69. The molecule has 2 amide bonds. The molecule has 1 heterocycles. The Bertz CT molecular complexity index is 640. The number of piperidine rings is 1. The summed E-state index contributed by atoms with van der Waals surface area (Å²) >= 11 is 5.98. The van der Waals surface area contributed by atoms with Crippen LogP contribution in [-0.4, -0.2) is 61.5 Å². The highest BCUT2D eigenvalue weighted by molar-refractivity contribution is 6.33. The first kappa shape index (κ1) is 18.2.